The normalized spacial score (nSPS) is 11.1. The Morgan fingerprint density at radius 3 is 0.719 bits per heavy atom. The predicted octanol–water partition coefficient (Wildman–Crippen LogP) is 27.0. The van der Waals surface area contributed by atoms with E-state index in [1.807, 2.05) is 116 Å². The molecule has 0 aliphatic heterocycles. The summed E-state index contributed by atoms with van der Waals surface area (Å²) in [5.41, 5.74) is 9.75. The maximum Gasteiger partial charge on any atom is 0.160 e. The van der Waals surface area contributed by atoms with Gasteiger partial charge in [0.15, 0.2) is 44.0 Å². The van der Waals surface area contributed by atoms with Gasteiger partial charge >= 0.3 is 0 Å². The first kappa shape index (κ1) is 69.4. The van der Waals surface area contributed by atoms with Gasteiger partial charge in [0.05, 0.1) is 34.1 Å². The number of thiophene rings is 15. The second-order valence-electron chi connectivity index (χ2n) is 22.0. The maximum atomic E-state index is 11.0. The highest BCUT2D eigenvalue weighted by molar-refractivity contribution is 7.35. The van der Waals surface area contributed by atoms with E-state index in [9.17, 15) is 33.6 Å². The molecule has 0 saturated heterocycles. The van der Waals surface area contributed by atoms with E-state index in [0.717, 1.165) is 120 Å². The van der Waals surface area contributed by atoms with Crippen LogP contribution in [0, 0.1) is 62.3 Å². The standard InChI is InChI=1S/2C20H14O2S4.C18H14OS4.C16H12O2S3/c1-11-7-13(9-21)23-19(11)17-5-3-15(25-17)16-4-6-18(26-16)20-12(2)8-14(10-22)24-20;1-11-7-17(25-19(11)15-5-3-13(9-21)23-15)18-8-12(2)20(26-18)16-6-4-14(10-22)24-16;1-9-4-6-13(20-9)15-10(2)17-18(22-15)11(3)16(23-17)14-7-5-12(8-19)21-14;1-9-5-11(7-17)19-15(9)13-3-4-14(21-13)16-10(2)6-12(8-18)20-16/h2*3-10H,1-2H3;4-8H,1-3H3;3-8H,1-2H3. The van der Waals surface area contributed by atoms with Crippen molar-refractivity contribution in [2.24, 2.45) is 0 Å². The SMILES string of the molecule is Cc1cc(-c2cc(C)c(-c3ccc(C=O)s3)s2)sc1-c1ccc(C=O)s1.Cc1cc(C=O)sc1-c1ccc(-c2ccc(-c3sc(C=O)cc3C)s2)s1.Cc1cc(C=O)sc1-c1ccc(-c2sc(C=O)cc2C)s1.Cc1ccc(-c2sc3c(C)c(-c4ccc(C=O)s4)sc3c2C)s1. The lowest BCUT2D eigenvalue weighted by Crippen LogP contribution is -1.70. The maximum absolute atomic E-state index is 11.0. The van der Waals surface area contributed by atoms with Crippen LogP contribution in [0.25, 0.3) is 107 Å². The zero-order valence-corrected chi connectivity index (χ0v) is 64.8. The Kier molecular flexibility index (Phi) is 21.9. The number of rotatable bonds is 17. The van der Waals surface area contributed by atoms with Crippen molar-refractivity contribution in [3.63, 3.8) is 0 Å². The molecule has 96 heavy (non-hydrogen) atoms. The largest absolute Gasteiger partial charge is 0.297 e. The molecule has 0 aliphatic carbocycles. The number of carbonyl (C=O) groups excluding carboxylic acids is 7. The molecule has 0 saturated carbocycles. The Morgan fingerprint density at radius 1 is 0.198 bits per heavy atom. The van der Waals surface area contributed by atoms with Crippen molar-refractivity contribution in [2.75, 3.05) is 0 Å². The van der Waals surface area contributed by atoms with Gasteiger partial charge in [-0.3, -0.25) is 33.6 Å². The summed E-state index contributed by atoms with van der Waals surface area (Å²) in [6.07, 6.45) is 6.37. The lowest BCUT2D eigenvalue weighted by molar-refractivity contribution is 0.111. The van der Waals surface area contributed by atoms with E-state index in [0.29, 0.717) is 0 Å². The molecule has 0 unspecified atom stereocenters. The molecule has 0 spiro atoms. The van der Waals surface area contributed by atoms with E-state index in [2.05, 4.69) is 101 Å². The molecule has 0 aliphatic rings. The van der Waals surface area contributed by atoms with Crippen LogP contribution in [0.5, 0.6) is 0 Å². The number of aldehydes is 7. The molecule has 22 heteroatoms. The average Bonchev–Trinajstić information content (AvgIpc) is 1.55. The van der Waals surface area contributed by atoms with Gasteiger partial charge in [0.1, 0.15) is 0 Å². The Morgan fingerprint density at radius 2 is 0.438 bits per heavy atom. The topological polar surface area (TPSA) is 119 Å². The fraction of sp³-hybridized carbons (Fsp3) is 0.122. The number of hydrogen-bond acceptors (Lipinski definition) is 22. The van der Waals surface area contributed by atoms with Crippen LogP contribution < -0.4 is 0 Å². The lowest BCUT2D eigenvalue weighted by atomic mass is 10.2. The van der Waals surface area contributed by atoms with Crippen molar-refractivity contribution < 1.29 is 33.6 Å². The number of carbonyl (C=O) groups is 7. The molecular formula is C74H54O7S15. The summed E-state index contributed by atoms with van der Waals surface area (Å²) in [4.78, 5) is 108. The Hall–Kier alpha value is -6.55. The number of aryl methyl sites for hydroxylation is 9. The van der Waals surface area contributed by atoms with Gasteiger partial charge in [0.25, 0.3) is 0 Å². The summed E-state index contributed by atoms with van der Waals surface area (Å²) in [5, 5.41) is 0. The summed E-state index contributed by atoms with van der Waals surface area (Å²) in [5.74, 6) is 0. The smallest absolute Gasteiger partial charge is 0.160 e. The van der Waals surface area contributed by atoms with Crippen molar-refractivity contribution in [1.82, 2.24) is 0 Å². The fourth-order valence-corrected chi connectivity index (χ4v) is 27.5. The third-order valence-electron chi connectivity index (χ3n) is 15.1. The van der Waals surface area contributed by atoms with Gasteiger partial charge in [-0.2, -0.15) is 0 Å². The Balaban J connectivity index is 0.000000123. The van der Waals surface area contributed by atoms with Crippen molar-refractivity contribution in [3.05, 3.63) is 205 Å². The van der Waals surface area contributed by atoms with E-state index in [1.54, 1.807) is 90.7 Å². The highest BCUT2D eigenvalue weighted by Crippen LogP contribution is 2.52. The molecule has 15 heterocycles. The molecule has 0 amide bonds. The molecule has 0 atom stereocenters. The summed E-state index contributed by atoms with van der Waals surface area (Å²) in [6, 6.07) is 41.1. The van der Waals surface area contributed by atoms with Gasteiger partial charge in [0, 0.05) is 112 Å². The quantitative estimate of drug-likeness (QED) is 0.0833. The van der Waals surface area contributed by atoms with Gasteiger partial charge in [-0.25, -0.2) is 0 Å². The first-order chi connectivity index (χ1) is 46.4. The highest BCUT2D eigenvalue weighted by atomic mass is 32.2. The summed E-state index contributed by atoms with van der Waals surface area (Å²) >= 11 is 25.2. The van der Waals surface area contributed by atoms with Crippen molar-refractivity contribution in [3.8, 4) is 97.5 Å². The van der Waals surface area contributed by atoms with Crippen LogP contribution >= 0.6 is 170 Å². The van der Waals surface area contributed by atoms with Crippen molar-refractivity contribution in [1.29, 1.82) is 0 Å². The molecular weight excluding hydrogens is 1480 g/mol. The predicted molar refractivity (Wildman–Crippen MR) is 426 cm³/mol. The minimum Gasteiger partial charge on any atom is -0.297 e. The molecule has 0 N–H and O–H groups in total. The summed E-state index contributed by atoms with van der Waals surface area (Å²) in [7, 11) is 0. The van der Waals surface area contributed by atoms with Crippen molar-refractivity contribution in [2.45, 2.75) is 62.3 Å². The van der Waals surface area contributed by atoms with Gasteiger partial charge in [-0.1, -0.05) is 0 Å². The van der Waals surface area contributed by atoms with Crippen LogP contribution in [-0.4, -0.2) is 44.0 Å². The molecule has 0 fully saturated rings. The Bertz CT molecular complexity index is 5130. The van der Waals surface area contributed by atoms with E-state index >= 15 is 0 Å². The van der Waals surface area contributed by atoms with Crippen LogP contribution in [-0.2, 0) is 0 Å². The van der Waals surface area contributed by atoms with Crippen LogP contribution in [0.4, 0.5) is 0 Å². The van der Waals surface area contributed by atoms with Crippen LogP contribution in [0.1, 0.15) is 117 Å². The van der Waals surface area contributed by atoms with Crippen molar-refractivity contribution >= 4 is 223 Å². The first-order valence-electron chi connectivity index (χ1n) is 29.4. The third kappa shape index (κ3) is 14.8. The molecule has 0 aromatic carbocycles. The van der Waals surface area contributed by atoms with E-state index < -0.39 is 0 Å². The monoisotopic (exact) mass is 1530 g/mol. The van der Waals surface area contributed by atoms with E-state index in [1.165, 1.54) is 160 Å². The minimum absolute atomic E-state index is 0.757. The van der Waals surface area contributed by atoms with Gasteiger partial charge in [-0.05, 0) is 228 Å². The number of hydrogen-bond donors (Lipinski definition) is 0. The fourth-order valence-electron chi connectivity index (χ4n) is 10.5. The third-order valence-corrected chi connectivity index (χ3v) is 34.3. The van der Waals surface area contributed by atoms with Gasteiger partial charge < -0.3 is 0 Å². The Labute approximate surface area is 614 Å². The zero-order chi connectivity index (χ0) is 67.6. The lowest BCUT2D eigenvalue weighted by Gasteiger charge is -1.97. The van der Waals surface area contributed by atoms with E-state index in [-0.39, 0.29) is 0 Å². The van der Waals surface area contributed by atoms with E-state index in [4.69, 9.17) is 0 Å². The van der Waals surface area contributed by atoms with Crippen LogP contribution in [0.2, 0.25) is 0 Å². The molecule has 482 valence electrons. The minimum atomic E-state index is 0.757. The summed E-state index contributed by atoms with van der Waals surface area (Å²) in [6.45, 7) is 19.0. The van der Waals surface area contributed by atoms with Crippen LogP contribution in [0.3, 0.4) is 0 Å². The molecule has 0 radical (unpaired) electrons. The second-order valence-corrected chi connectivity index (χ2v) is 38.4. The zero-order valence-electron chi connectivity index (χ0n) is 52.6. The molecule has 0 bridgehead atoms. The second kappa shape index (κ2) is 30.3. The molecule has 15 aromatic heterocycles. The molecule has 7 nitrogen and oxygen atoms in total. The highest BCUT2D eigenvalue weighted by Gasteiger charge is 2.22. The average molecular weight is 1540 g/mol. The van der Waals surface area contributed by atoms with Gasteiger partial charge in [0.2, 0.25) is 0 Å². The van der Waals surface area contributed by atoms with Crippen LogP contribution in [0.15, 0.2) is 121 Å². The first-order valence-corrected chi connectivity index (χ1v) is 41.6. The molecule has 15 aromatic rings. The number of fused-ring (bicyclic) bond motifs is 1. The molecule has 15 rings (SSSR count). The summed E-state index contributed by atoms with van der Waals surface area (Å²) < 4.78 is 2.79. The van der Waals surface area contributed by atoms with Gasteiger partial charge in [-0.15, -0.1) is 170 Å².